The fraction of sp³-hybridized carbons (Fsp3) is 0.250. The average Bonchev–Trinajstić information content (AvgIpc) is 2.88. The maximum Gasteiger partial charge on any atom is 0.328 e. The molecule has 0 fully saturated rings. The molecule has 0 saturated carbocycles. The molecule has 0 aliphatic heterocycles. The smallest absolute Gasteiger partial charge is 0.328 e. The highest BCUT2D eigenvalue weighted by atomic mass is 79.9. The summed E-state index contributed by atoms with van der Waals surface area (Å²) >= 11 is 3.54. The molecule has 0 unspecified atom stereocenters. The predicted octanol–water partition coefficient (Wildman–Crippen LogP) is 3.86. The van der Waals surface area contributed by atoms with Crippen LogP contribution in [0.5, 0.6) is 0 Å². The van der Waals surface area contributed by atoms with Gasteiger partial charge in [0.05, 0.1) is 11.4 Å². The van der Waals surface area contributed by atoms with Crippen molar-refractivity contribution >= 4 is 28.0 Å². The molecular formula is C16H17BrN2O2. The van der Waals surface area contributed by atoms with Gasteiger partial charge in [-0.05, 0) is 58.6 Å². The summed E-state index contributed by atoms with van der Waals surface area (Å²) < 4.78 is 2.82. The van der Waals surface area contributed by atoms with E-state index in [9.17, 15) is 4.79 Å². The molecule has 1 N–H and O–H groups in total. The molecule has 0 aliphatic rings. The zero-order valence-corrected chi connectivity index (χ0v) is 13.6. The van der Waals surface area contributed by atoms with Gasteiger partial charge in [-0.1, -0.05) is 19.9 Å². The average molecular weight is 349 g/mol. The van der Waals surface area contributed by atoms with Crippen molar-refractivity contribution in [2.24, 2.45) is 0 Å². The minimum atomic E-state index is -0.955. The molecule has 0 spiro atoms. The molecule has 0 amide bonds. The van der Waals surface area contributed by atoms with Gasteiger partial charge in [0.15, 0.2) is 0 Å². The highest BCUT2D eigenvalue weighted by Crippen LogP contribution is 2.25. The van der Waals surface area contributed by atoms with E-state index in [4.69, 9.17) is 5.11 Å². The molecule has 1 aromatic heterocycles. The Hall–Kier alpha value is -1.88. The zero-order valence-electron chi connectivity index (χ0n) is 12.0. The molecule has 2 rings (SSSR count). The van der Waals surface area contributed by atoms with Crippen molar-refractivity contribution in [1.29, 1.82) is 0 Å². The van der Waals surface area contributed by atoms with Gasteiger partial charge in [0.25, 0.3) is 0 Å². The number of aromatic nitrogens is 2. The van der Waals surface area contributed by atoms with E-state index in [1.807, 2.05) is 22.9 Å². The van der Waals surface area contributed by atoms with Gasteiger partial charge >= 0.3 is 5.97 Å². The number of carbonyl (C=O) groups is 1. The number of aliphatic carboxylic acids is 1. The van der Waals surface area contributed by atoms with E-state index in [1.54, 1.807) is 6.08 Å². The van der Waals surface area contributed by atoms with Gasteiger partial charge in [-0.25, -0.2) is 9.48 Å². The van der Waals surface area contributed by atoms with Crippen molar-refractivity contribution in [3.8, 4) is 5.69 Å². The minimum absolute atomic E-state index is 0.828. The fourth-order valence-electron chi connectivity index (χ4n) is 2.07. The highest BCUT2D eigenvalue weighted by Gasteiger charge is 2.10. The second-order valence-electron chi connectivity index (χ2n) is 4.63. The molecule has 5 heteroatoms. The predicted molar refractivity (Wildman–Crippen MR) is 86.7 cm³/mol. The second kappa shape index (κ2) is 6.72. The van der Waals surface area contributed by atoms with Crippen LogP contribution in [0.25, 0.3) is 11.8 Å². The van der Waals surface area contributed by atoms with Gasteiger partial charge < -0.3 is 5.11 Å². The molecule has 1 aromatic carbocycles. The van der Waals surface area contributed by atoms with Gasteiger partial charge in [-0.3, -0.25) is 0 Å². The number of carboxylic acids is 1. The molecule has 0 bridgehead atoms. The van der Waals surface area contributed by atoms with Crippen LogP contribution < -0.4 is 0 Å². The van der Waals surface area contributed by atoms with Crippen molar-refractivity contribution < 1.29 is 9.90 Å². The molecule has 4 nitrogen and oxygen atoms in total. The molecule has 110 valence electrons. The summed E-state index contributed by atoms with van der Waals surface area (Å²) in [5, 5.41) is 13.3. The quantitative estimate of drug-likeness (QED) is 0.834. The first kappa shape index (κ1) is 15.5. The number of hydrogen-bond donors (Lipinski definition) is 1. The molecule has 0 aliphatic carbocycles. The first-order chi connectivity index (χ1) is 10.0. The summed E-state index contributed by atoms with van der Waals surface area (Å²) in [6, 6.07) is 7.83. The van der Waals surface area contributed by atoms with E-state index in [2.05, 4.69) is 40.9 Å². The topological polar surface area (TPSA) is 55.1 Å². The molecule has 0 atom stereocenters. The number of aryl methyl sites for hydroxylation is 2. The number of halogens is 1. The lowest BCUT2D eigenvalue weighted by molar-refractivity contribution is -0.131. The Morgan fingerprint density at radius 3 is 2.67 bits per heavy atom. The summed E-state index contributed by atoms with van der Waals surface area (Å²) in [7, 11) is 0. The largest absolute Gasteiger partial charge is 0.478 e. The SMILES string of the molecule is CCc1cc(CC)n(-c2ccc(/C=C/C(=O)O)cc2Br)n1. The third-order valence-electron chi connectivity index (χ3n) is 3.18. The zero-order chi connectivity index (χ0) is 15.4. The first-order valence-electron chi connectivity index (χ1n) is 6.83. The Morgan fingerprint density at radius 1 is 1.33 bits per heavy atom. The van der Waals surface area contributed by atoms with E-state index < -0.39 is 5.97 Å². The maximum atomic E-state index is 10.6. The summed E-state index contributed by atoms with van der Waals surface area (Å²) in [5.41, 5.74) is 4.00. The Labute approximate surface area is 132 Å². The van der Waals surface area contributed by atoms with Crippen LogP contribution in [0.2, 0.25) is 0 Å². The summed E-state index contributed by atoms with van der Waals surface area (Å²) in [6.07, 6.45) is 4.50. The maximum absolute atomic E-state index is 10.6. The van der Waals surface area contributed by atoms with Crippen molar-refractivity contribution in [2.45, 2.75) is 26.7 Å². The first-order valence-corrected chi connectivity index (χ1v) is 7.63. The van der Waals surface area contributed by atoms with Gasteiger partial charge in [0.2, 0.25) is 0 Å². The van der Waals surface area contributed by atoms with Gasteiger partial charge in [-0.15, -0.1) is 0 Å². The number of hydrogen-bond acceptors (Lipinski definition) is 2. The standard InChI is InChI=1S/C16H17BrN2O2/c1-3-12-10-13(4-2)19(18-12)15-7-5-11(9-14(15)17)6-8-16(20)21/h5-10H,3-4H2,1-2H3,(H,20,21)/b8-6+. The van der Waals surface area contributed by atoms with Gasteiger partial charge in [-0.2, -0.15) is 5.10 Å². The molecule has 0 saturated heterocycles. The van der Waals surface area contributed by atoms with E-state index in [-0.39, 0.29) is 0 Å². The lowest BCUT2D eigenvalue weighted by atomic mass is 10.2. The van der Waals surface area contributed by atoms with Crippen LogP contribution >= 0.6 is 15.9 Å². The van der Waals surface area contributed by atoms with Crippen molar-refractivity contribution in [1.82, 2.24) is 9.78 Å². The molecule has 0 radical (unpaired) electrons. The Bertz CT molecular complexity index is 690. The monoisotopic (exact) mass is 348 g/mol. The summed E-state index contributed by atoms with van der Waals surface area (Å²) in [4.78, 5) is 10.6. The Morgan fingerprint density at radius 2 is 2.10 bits per heavy atom. The normalized spacial score (nSPS) is 11.2. The van der Waals surface area contributed by atoms with Crippen LogP contribution in [-0.4, -0.2) is 20.9 Å². The number of rotatable bonds is 5. The van der Waals surface area contributed by atoms with E-state index in [1.165, 1.54) is 0 Å². The van der Waals surface area contributed by atoms with Gasteiger partial charge in [0, 0.05) is 16.2 Å². The number of benzene rings is 1. The van der Waals surface area contributed by atoms with E-state index >= 15 is 0 Å². The molecule has 21 heavy (non-hydrogen) atoms. The second-order valence-corrected chi connectivity index (χ2v) is 5.48. The minimum Gasteiger partial charge on any atom is -0.478 e. The third-order valence-corrected chi connectivity index (χ3v) is 3.81. The van der Waals surface area contributed by atoms with Crippen molar-refractivity contribution in [3.63, 3.8) is 0 Å². The number of carboxylic acid groups (broad SMARTS) is 1. The Kier molecular flexibility index (Phi) is 4.96. The molecule has 1 heterocycles. The van der Waals surface area contributed by atoms with Crippen LogP contribution in [0.15, 0.2) is 34.8 Å². The summed E-state index contributed by atoms with van der Waals surface area (Å²) in [6.45, 7) is 4.19. The van der Waals surface area contributed by atoms with Crippen LogP contribution in [0.3, 0.4) is 0 Å². The third kappa shape index (κ3) is 3.61. The fourth-order valence-corrected chi connectivity index (χ4v) is 2.64. The van der Waals surface area contributed by atoms with E-state index in [0.29, 0.717) is 0 Å². The molecular weight excluding hydrogens is 332 g/mol. The van der Waals surface area contributed by atoms with Crippen LogP contribution in [0.1, 0.15) is 30.8 Å². The highest BCUT2D eigenvalue weighted by molar-refractivity contribution is 9.10. The van der Waals surface area contributed by atoms with Crippen LogP contribution in [0, 0.1) is 0 Å². The molecule has 2 aromatic rings. The lowest BCUT2D eigenvalue weighted by Crippen LogP contribution is -2.02. The Balaban J connectivity index is 2.41. The summed E-state index contributed by atoms with van der Waals surface area (Å²) in [5.74, 6) is -0.955. The van der Waals surface area contributed by atoms with Crippen molar-refractivity contribution in [2.75, 3.05) is 0 Å². The van der Waals surface area contributed by atoms with Gasteiger partial charge in [0.1, 0.15) is 0 Å². The van der Waals surface area contributed by atoms with Crippen LogP contribution in [-0.2, 0) is 17.6 Å². The van der Waals surface area contributed by atoms with E-state index in [0.717, 1.165) is 46.0 Å². The lowest BCUT2D eigenvalue weighted by Gasteiger charge is -2.09. The van der Waals surface area contributed by atoms with Crippen LogP contribution in [0.4, 0.5) is 0 Å². The number of nitrogens with zero attached hydrogens (tertiary/aromatic N) is 2. The van der Waals surface area contributed by atoms with Crippen molar-refractivity contribution in [3.05, 3.63) is 51.8 Å².